The predicted octanol–water partition coefficient (Wildman–Crippen LogP) is 2.66. The van der Waals surface area contributed by atoms with Gasteiger partial charge < -0.3 is 9.73 Å². The number of aromatic nitrogens is 1. The summed E-state index contributed by atoms with van der Waals surface area (Å²) in [6.07, 6.45) is 3.04. The number of rotatable bonds is 6. The van der Waals surface area contributed by atoms with E-state index in [1.165, 1.54) is 18.5 Å². The van der Waals surface area contributed by atoms with Crippen LogP contribution in [0.4, 0.5) is 5.69 Å². The fraction of sp³-hybridized carbons (Fsp3) is 0.308. The first-order valence-corrected chi connectivity index (χ1v) is 8.64. The van der Waals surface area contributed by atoms with E-state index in [0.29, 0.717) is 28.2 Å². The summed E-state index contributed by atoms with van der Waals surface area (Å²) in [5.41, 5.74) is 0.429. The third-order valence-corrected chi connectivity index (χ3v) is 4.88. The highest BCUT2D eigenvalue weighted by molar-refractivity contribution is 9.10. The van der Waals surface area contributed by atoms with E-state index in [0.717, 1.165) is 6.54 Å². The van der Waals surface area contributed by atoms with Crippen molar-refractivity contribution in [3.05, 3.63) is 40.5 Å². The van der Waals surface area contributed by atoms with E-state index in [1.54, 1.807) is 13.0 Å². The van der Waals surface area contributed by atoms with E-state index >= 15 is 0 Å². The molecule has 0 unspecified atom stereocenters. The maximum absolute atomic E-state index is 12.4. The van der Waals surface area contributed by atoms with Crippen LogP contribution in [0.2, 0.25) is 0 Å². The third kappa shape index (κ3) is 3.84. The Hall–Kier alpha value is -1.38. The minimum Gasteiger partial charge on any atom is -0.464 e. The molecular formula is C13H16BrN3O3S. The van der Waals surface area contributed by atoms with Gasteiger partial charge in [-0.25, -0.2) is 8.42 Å². The quantitative estimate of drug-likeness (QED) is 0.812. The zero-order chi connectivity index (χ0) is 15.5. The highest BCUT2D eigenvalue weighted by Gasteiger charge is 2.22. The molecule has 2 aromatic heterocycles. The van der Waals surface area contributed by atoms with Gasteiger partial charge >= 0.3 is 0 Å². The Labute approximate surface area is 132 Å². The summed E-state index contributed by atoms with van der Waals surface area (Å²) in [7, 11) is -3.70. The summed E-state index contributed by atoms with van der Waals surface area (Å²) < 4.78 is 33.4. The molecule has 0 saturated carbocycles. The lowest BCUT2D eigenvalue weighted by molar-refractivity contribution is 0.460. The van der Waals surface area contributed by atoms with Crippen molar-refractivity contribution in [1.29, 1.82) is 0 Å². The van der Waals surface area contributed by atoms with Gasteiger partial charge in [-0.1, -0.05) is 6.92 Å². The van der Waals surface area contributed by atoms with E-state index in [9.17, 15) is 8.42 Å². The average molecular weight is 374 g/mol. The highest BCUT2D eigenvalue weighted by atomic mass is 79.9. The molecule has 21 heavy (non-hydrogen) atoms. The molecule has 0 aliphatic carbocycles. The summed E-state index contributed by atoms with van der Waals surface area (Å²) >= 11 is 3.26. The first kappa shape index (κ1) is 16.0. The Morgan fingerprint density at radius 3 is 2.86 bits per heavy atom. The fourth-order valence-electron chi connectivity index (χ4n) is 1.78. The average Bonchev–Trinajstić information content (AvgIpc) is 2.81. The van der Waals surface area contributed by atoms with Crippen LogP contribution in [-0.2, 0) is 16.6 Å². The van der Waals surface area contributed by atoms with E-state index < -0.39 is 10.0 Å². The number of anilines is 1. The number of hydrogen-bond acceptors (Lipinski definition) is 5. The summed E-state index contributed by atoms with van der Waals surface area (Å²) in [6, 6.07) is 3.12. The number of sulfonamides is 1. The molecule has 2 aromatic rings. The van der Waals surface area contributed by atoms with Gasteiger partial charge in [0.25, 0.3) is 10.0 Å². The van der Waals surface area contributed by atoms with Crippen LogP contribution in [0.1, 0.15) is 18.4 Å². The molecule has 114 valence electrons. The number of aryl methyl sites for hydroxylation is 1. The Bertz CT molecular complexity index is 728. The van der Waals surface area contributed by atoms with E-state index in [1.807, 2.05) is 6.92 Å². The van der Waals surface area contributed by atoms with Gasteiger partial charge in [0.15, 0.2) is 0 Å². The molecule has 0 amide bonds. The van der Waals surface area contributed by atoms with Crippen molar-refractivity contribution in [2.75, 3.05) is 11.3 Å². The van der Waals surface area contributed by atoms with Gasteiger partial charge in [-0.3, -0.25) is 9.71 Å². The van der Waals surface area contributed by atoms with Gasteiger partial charge in [0.2, 0.25) is 0 Å². The third-order valence-electron chi connectivity index (χ3n) is 2.78. The number of pyridine rings is 1. The van der Waals surface area contributed by atoms with Crippen LogP contribution in [0.25, 0.3) is 0 Å². The SMILES string of the molecule is CCNCc1cc(S(=O)(=O)Nc2ccncc2Br)c(C)o1. The molecule has 0 spiro atoms. The van der Waals surface area contributed by atoms with Crippen LogP contribution in [0.3, 0.4) is 0 Å². The Kier molecular flexibility index (Phi) is 5.02. The summed E-state index contributed by atoms with van der Waals surface area (Å²) in [5, 5.41) is 3.09. The lowest BCUT2D eigenvalue weighted by Crippen LogP contribution is -2.14. The Balaban J connectivity index is 2.27. The molecule has 0 aliphatic rings. The number of nitrogens with zero attached hydrogens (tertiary/aromatic N) is 1. The minimum atomic E-state index is -3.70. The second kappa shape index (κ2) is 6.59. The van der Waals surface area contributed by atoms with Gasteiger partial charge in [-0.2, -0.15) is 0 Å². The first-order chi connectivity index (χ1) is 9.94. The van der Waals surface area contributed by atoms with Crippen LogP contribution in [0.15, 0.2) is 38.3 Å². The smallest absolute Gasteiger partial charge is 0.265 e. The van der Waals surface area contributed by atoms with Gasteiger partial charge in [0, 0.05) is 18.5 Å². The topological polar surface area (TPSA) is 84.2 Å². The Morgan fingerprint density at radius 1 is 1.43 bits per heavy atom. The molecule has 0 aromatic carbocycles. The van der Waals surface area contributed by atoms with Crippen LogP contribution in [-0.4, -0.2) is 19.9 Å². The van der Waals surface area contributed by atoms with Gasteiger partial charge in [-0.15, -0.1) is 0 Å². The van der Waals surface area contributed by atoms with Crippen LogP contribution >= 0.6 is 15.9 Å². The summed E-state index contributed by atoms with van der Waals surface area (Å²) in [4.78, 5) is 4.03. The lowest BCUT2D eigenvalue weighted by Gasteiger charge is -2.08. The fourth-order valence-corrected chi connectivity index (χ4v) is 3.55. The van der Waals surface area contributed by atoms with Crippen LogP contribution < -0.4 is 10.0 Å². The number of halogens is 1. The summed E-state index contributed by atoms with van der Waals surface area (Å²) in [5.74, 6) is 0.948. The van der Waals surface area contributed by atoms with E-state index in [2.05, 4.69) is 31.0 Å². The molecule has 0 radical (unpaired) electrons. The minimum absolute atomic E-state index is 0.138. The zero-order valence-electron chi connectivity index (χ0n) is 11.7. The monoisotopic (exact) mass is 373 g/mol. The second-order valence-corrected chi connectivity index (χ2v) is 6.88. The second-order valence-electron chi connectivity index (χ2n) is 4.37. The van der Waals surface area contributed by atoms with Gasteiger partial charge in [-0.05, 0) is 35.5 Å². The van der Waals surface area contributed by atoms with Crippen molar-refractivity contribution >= 4 is 31.6 Å². The lowest BCUT2D eigenvalue weighted by atomic mass is 10.4. The molecule has 2 N–H and O–H groups in total. The summed E-state index contributed by atoms with van der Waals surface area (Å²) in [6.45, 7) is 4.87. The van der Waals surface area contributed by atoms with Gasteiger partial charge in [0.1, 0.15) is 16.4 Å². The van der Waals surface area contributed by atoms with Crippen LogP contribution in [0.5, 0.6) is 0 Å². The number of hydrogen-bond donors (Lipinski definition) is 2. The van der Waals surface area contributed by atoms with E-state index in [-0.39, 0.29) is 4.90 Å². The molecule has 0 saturated heterocycles. The van der Waals surface area contributed by atoms with Crippen molar-refractivity contribution in [2.45, 2.75) is 25.3 Å². The van der Waals surface area contributed by atoms with Crippen molar-refractivity contribution in [3.8, 4) is 0 Å². The molecule has 8 heteroatoms. The van der Waals surface area contributed by atoms with E-state index in [4.69, 9.17) is 4.42 Å². The number of nitrogens with one attached hydrogen (secondary N) is 2. The van der Waals surface area contributed by atoms with Crippen molar-refractivity contribution in [2.24, 2.45) is 0 Å². The molecule has 2 rings (SSSR count). The number of furan rings is 1. The molecule has 0 aliphatic heterocycles. The molecule has 0 fully saturated rings. The predicted molar refractivity (Wildman–Crippen MR) is 83.6 cm³/mol. The molecule has 2 heterocycles. The standard InChI is InChI=1S/C13H16BrN3O3S/c1-3-15-7-10-6-13(9(2)20-10)21(18,19)17-12-4-5-16-8-11(12)14/h4-6,8,15H,3,7H2,1-2H3,(H,16,17). The molecule has 6 nitrogen and oxygen atoms in total. The molecular weight excluding hydrogens is 358 g/mol. The van der Waals surface area contributed by atoms with Gasteiger partial charge in [0.05, 0.1) is 16.7 Å². The maximum atomic E-state index is 12.4. The molecule has 0 bridgehead atoms. The van der Waals surface area contributed by atoms with Crippen molar-refractivity contribution in [1.82, 2.24) is 10.3 Å². The first-order valence-electron chi connectivity index (χ1n) is 6.36. The maximum Gasteiger partial charge on any atom is 0.265 e. The normalized spacial score (nSPS) is 11.6. The van der Waals surface area contributed by atoms with Crippen LogP contribution in [0, 0.1) is 6.92 Å². The van der Waals surface area contributed by atoms with Crippen molar-refractivity contribution < 1.29 is 12.8 Å². The van der Waals surface area contributed by atoms with Crippen molar-refractivity contribution in [3.63, 3.8) is 0 Å². The largest absolute Gasteiger partial charge is 0.464 e. The zero-order valence-corrected chi connectivity index (χ0v) is 14.1. The highest BCUT2D eigenvalue weighted by Crippen LogP contribution is 2.26. The Morgan fingerprint density at radius 2 is 2.19 bits per heavy atom. The molecule has 0 atom stereocenters.